The third kappa shape index (κ3) is 6.07. The van der Waals surface area contributed by atoms with Crippen molar-refractivity contribution in [2.75, 3.05) is 43.2 Å². The van der Waals surface area contributed by atoms with Crippen LogP contribution >= 0.6 is 11.6 Å². The highest BCUT2D eigenvalue weighted by Crippen LogP contribution is 2.39. The van der Waals surface area contributed by atoms with Gasteiger partial charge in [0, 0.05) is 84.7 Å². The van der Waals surface area contributed by atoms with Gasteiger partial charge in [0.15, 0.2) is 6.29 Å². The molecule has 0 fully saturated rings. The first-order chi connectivity index (χ1) is 20.1. The maximum absolute atomic E-state index is 13.7. The van der Waals surface area contributed by atoms with Crippen molar-refractivity contribution in [2.24, 2.45) is 12.0 Å². The molecule has 42 heavy (non-hydrogen) atoms. The number of carbonyl (C=O) groups is 1. The van der Waals surface area contributed by atoms with E-state index < -0.39 is 6.29 Å². The highest BCUT2D eigenvalue weighted by Gasteiger charge is 2.23. The first kappa shape index (κ1) is 29.0. The third-order valence-corrected chi connectivity index (χ3v) is 7.68. The highest BCUT2D eigenvalue weighted by molar-refractivity contribution is 6.34. The number of nitrogens with one attached hydrogen (secondary N) is 2. The van der Waals surface area contributed by atoms with Crippen molar-refractivity contribution in [1.82, 2.24) is 14.5 Å². The Morgan fingerprint density at radius 1 is 1.07 bits per heavy atom. The first-order valence-corrected chi connectivity index (χ1v) is 14.0. The van der Waals surface area contributed by atoms with E-state index in [1.54, 1.807) is 60.4 Å². The predicted molar refractivity (Wildman–Crippen MR) is 172 cm³/mol. The van der Waals surface area contributed by atoms with E-state index in [9.17, 15) is 9.59 Å². The van der Waals surface area contributed by atoms with Crippen LogP contribution in [-0.4, -0.2) is 60.6 Å². The van der Waals surface area contributed by atoms with Crippen LogP contribution in [0.2, 0.25) is 5.02 Å². The fraction of sp³-hybridized carbons (Fsp3) is 0.250. The first-order valence-electron chi connectivity index (χ1n) is 13.6. The molecule has 10 heteroatoms. The SMILES string of the molecule is CC(=O)N(C)c1cc(-c2cc3c(n(C)c2=O)NC(Nc2ccc(CCN(C)C)cc2)N=C3)c(Cl)cc1-c1cccnc1. The van der Waals surface area contributed by atoms with Gasteiger partial charge >= 0.3 is 0 Å². The number of anilines is 3. The Hall–Kier alpha value is -4.47. The third-order valence-electron chi connectivity index (χ3n) is 7.37. The molecule has 2 N–H and O–H groups in total. The molecule has 1 aliphatic heterocycles. The van der Waals surface area contributed by atoms with Gasteiger partial charge < -0.3 is 20.4 Å². The van der Waals surface area contributed by atoms with Gasteiger partial charge in [-0.2, -0.15) is 0 Å². The Morgan fingerprint density at radius 2 is 1.83 bits per heavy atom. The second-order valence-electron chi connectivity index (χ2n) is 10.6. The van der Waals surface area contributed by atoms with Gasteiger partial charge in [-0.1, -0.05) is 29.8 Å². The summed E-state index contributed by atoms with van der Waals surface area (Å²) in [5.41, 5.74) is 5.82. The standard InChI is InChI=1S/C32H34ClN7O2/c1-20(41)39(4)29-17-26(28(33)16-25(29)22-7-6-13-34-18-22)27-15-23-19-35-32(37-30(23)40(5)31(27)42)36-24-10-8-21(9-11-24)12-14-38(2)3/h6-11,13,15-19,32,36-37H,12,14H2,1-5H3. The van der Waals surface area contributed by atoms with Crippen molar-refractivity contribution in [2.45, 2.75) is 19.6 Å². The van der Waals surface area contributed by atoms with Crippen LogP contribution in [-0.2, 0) is 18.3 Å². The van der Waals surface area contributed by atoms with E-state index in [1.807, 2.05) is 24.3 Å². The molecule has 4 aromatic rings. The minimum absolute atomic E-state index is 0.148. The molecule has 0 saturated carbocycles. The number of aliphatic imine (C=N–C) groups is 1. The lowest BCUT2D eigenvalue weighted by Gasteiger charge is -2.26. The smallest absolute Gasteiger partial charge is 0.259 e. The predicted octanol–water partition coefficient (Wildman–Crippen LogP) is 5.09. The summed E-state index contributed by atoms with van der Waals surface area (Å²) in [5, 5.41) is 7.09. The molecular weight excluding hydrogens is 550 g/mol. The molecule has 0 radical (unpaired) electrons. The molecule has 1 aliphatic rings. The van der Waals surface area contributed by atoms with Crippen molar-refractivity contribution < 1.29 is 4.79 Å². The fourth-order valence-electron chi connectivity index (χ4n) is 4.87. The summed E-state index contributed by atoms with van der Waals surface area (Å²) in [4.78, 5) is 38.6. The van der Waals surface area contributed by atoms with Crippen LogP contribution in [0.25, 0.3) is 22.3 Å². The lowest BCUT2D eigenvalue weighted by molar-refractivity contribution is -0.116. The summed E-state index contributed by atoms with van der Waals surface area (Å²) in [5.74, 6) is 0.493. The molecular formula is C32H34ClN7O2. The van der Waals surface area contributed by atoms with E-state index in [0.717, 1.165) is 35.3 Å². The summed E-state index contributed by atoms with van der Waals surface area (Å²) in [6.07, 6.45) is 5.68. The van der Waals surface area contributed by atoms with Gasteiger partial charge in [-0.25, -0.2) is 4.99 Å². The Morgan fingerprint density at radius 3 is 2.50 bits per heavy atom. The maximum Gasteiger partial charge on any atom is 0.259 e. The molecule has 1 unspecified atom stereocenters. The van der Waals surface area contributed by atoms with E-state index in [0.29, 0.717) is 27.7 Å². The lowest BCUT2D eigenvalue weighted by atomic mass is 9.97. The number of aromatic nitrogens is 2. The second kappa shape index (κ2) is 12.2. The van der Waals surface area contributed by atoms with Crippen LogP contribution < -0.4 is 21.1 Å². The largest absolute Gasteiger partial charge is 0.347 e. The van der Waals surface area contributed by atoms with Crippen LogP contribution in [0.1, 0.15) is 18.1 Å². The molecule has 0 bridgehead atoms. The number of fused-ring (bicyclic) bond motifs is 1. The molecule has 1 amide bonds. The second-order valence-corrected chi connectivity index (χ2v) is 11.0. The zero-order valence-electron chi connectivity index (χ0n) is 24.4. The summed E-state index contributed by atoms with van der Waals surface area (Å²) >= 11 is 6.80. The average molecular weight is 584 g/mol. The number of nitrogens with zero attached hydrogens (tertiary/aromatic N) is 5. The van der Waals surface area contributed by atoms with Gasteiger partial charge in [0.25, 0.3) is 5.56 Å². The van der Waals surface area contributed by atoms with E-state index in [-0.39, 0.29) is 11.5 Å². The summed E-state index contributed by atoms with van der Waals surface area (Å²) in [7, 11) is 7.54. The van der Waals surface area contributed by atoms with Crippen molar-refractivity contribution in [3.63, 3.8) is 0 Å². The topological polar surface area (TPSA) is 94.9 Å². The Balaban J connectivity index is 1.46. The molecule has 0 aliphatic carbocycles. The van der Waals surface area contributed by atoms with Crippen LogP contribution in [0.15, 0.2) is 76.8 Å². The molecule has 0 saturated heterocycles. The number of pyridine rings is 2. The van der Waals surface area contributed by atoms with Gasteiger partial charge in [-0.05, 0) is 62.5 Å². The molecule has 216 valence electrons. The minimum atomic E-state index is -0.445. The van der Waals surface area contributed by atoms with Gasteiger partial charge in [-0.15, -0.1) is 0 Å². The Kier molecular flexibility index (Phi) is 8.42. The molecule has 0 spiro atoms. The van der Waals surface area contributed by atoms with Crippen molar-refractivity contribution in [1.29, 1.82) is 0 Å². The summed E-state index contributed by atoms with van der Waals surface area (Å²) < 4.78 is 1.56. The molecule has 5 rings (SSSR count). The quantitative estimate of drug-likeness (QED) is 0.300. The van der Waals surface area contributed by atoms with E-state index >= 15 is 0 Å². The number of hydrogen-bond donors (Lipinski definition) is 2. The summed E-state index contributed by atoms with van der Waals surface area (Å²) in [6, 6.07) is 17.4. The number of amides is 1. The molecule has 2 aromatic carbocycles. The number of benzene rings is 2. The Bertz CT molecular complexity index is 1700. The van der Waals surface area contributed by atoms with Crippen molar-refractivity contribution in [3.05, 3.63) is 93.5 Å². The van der Waals surface area contributed by atoms with Gasteiger partial charge in [0.2, 0.25) is 5.91 Å². The van der Waals surface area contributed by atoms with E-state index in [4.69, 9.17) is 11.6 Å². The molecule has 1 atom stereocenters. The van der Waals surface area contributed by atoms with Crippen LogP contribution in [0.3, 0.4) is 0 Å². The number of hydrogen-bond acceptors (Lipinski definition) is 7. The fourth-order valence-corrected chi connectivity index (χ4v) is 5.14. The Labute approximate surface area is 250 Å². The normalized spacial score (nSPS) is 13.9. The molecule has 3 heterocycles. The van der Waals surface area contributed by atoms with Crippen LogP contribution in [0, 0.1) is 0 Å². The number of rotatable bonds is 8. The highest BCUT2D eigenvalue weighted by atomic mass is 35.5. The van der Waals surface area contributed by atoms with Crippen molar-refractivity contribution in [3.8, 4) is 22.3 Å². The van der Waals surface area contributed by atoms with Gasteiger partial charge in [0.1, 0.15) is 5.82 Å². The van der Waals surface area contributed by atoms with Gasteiger partial charge in [-0.3, -0.25) is 19.1 Å². The molecule has 9 nitrogen and oxygen atoms in total. The van der Waals surface area contributed by atoms with Crippen LogP contribution in [0.4, 0.5) is 17.2 Å². The summed E-state index contributed by atoms with van der Waals surface area (Å²) in [6.45, 7) is 2.48. The zero-order valence-corrected chi connectivity index (χ0v) is 25.1. The maximum atomic E-state index is 13.7. The van der Waals surface area contributed by atoms with Crippen molar-refractivity contribution >= 4 is 40.9 Å². The lowest BCUT2D eigenvalue weighted by Crippen LogP contribution is -2.34. The van der Waals surface area contributed by atoms with Crippen LogP contribution in [0.5, 0.6) is 0 Å². The number of halogens is 1. The van der Waals surface area contributed by atoms with E-state index in [2.05, 4.69) is 51.7 Å². The minimum Gasteiger partial charge on any atom is -0.347 e. The number of carbonyl (C=O) groups excluding carboxylic acids is 1. The zero-order chi connectivity index (χ0) is 30.0. The van der Waals surface area contributed by atoms with E-state index in [1.165, 1.54) is 12.5 Å². The number of likely N-dealkylation sites (N-methyl/N-ethyl adjacent to an activating group) is 1. The monoisotopic (exact) mass is 583 g/mol. The van der Waals surface area contributed by atoms with Gasteiger partial charge in [0.05, 0.1) is 5.69 Å². The average Bonchev–Trinajstić information content (AvgIpc) is 2.99. The molecule has 2 aromatic heterocycles.